The Morgan fingerprint density at radius 2 is 1.15 bits per heavy atom. The number of carbonyl (C=O) groups excluding carboxylic acids is 3. The fourth-order valence-corrected chi connectivity index (χ4v) is 8.71. The Balaban J connectivity index is 1.53. The Bertz CT molecular complexity index is 1710. The minimum Gasteiger partial charge on any atom is -0.497 e. The molecule has 0 bridgehead atoms. The van der Waals surface area contributed by atoms with Crippen LogP contribution in [-0.2, 0) is 56.0 Å². The molecule has 15 heteroatoms. The number of aliphatic hydroxyl groups excluding tert-OH is 1. The van der Waals surface area contributed by atoms with Crippen molar-refractivity contribution in [1.82, 2.24) is 5.32 Å². The van der Waals surface area contributed by atoms with Crippen molar-refractivity contribution in [2.45, 2.75) is 198 Å². The molecule has 14 nitrogen and oxygen atoms in total. The second-order valence-electron chi connectivity index (χ2n) is 17.3. The molecular weight excluding hydrogens is 855 g/mol. The van der Waals surface area contributed by atoms with Gasteiger partial charge in [-0.1, -0.05) is 121 Å². The molecule has 5 atom stereocenters. The molecule has 368 valence electrons. The molecule has 0 saturated carbocycles. The number of ether oxygens (including phenoxy) is 5. The van der Waals surface area contributed by atoms with E-state index in [1.54, 1.807) is 14.2 Å². The number of rotatable bonds is 36. The van der Waals surface area contributed by atoms with E-state index in [1.807, 2.05) is 36.4 Å². The molecule has 1 aliphatic heterocycles. The number of carbonyl (C=O) groups is 3. The standard InChI is InChI=1S/C50H79NO13S/c1-4-5-6-7-8-9-10-15-20-25-43(62-47(54)26-21-16-11-13-18-23-39-28-32-41(59-2)33-29-39)36-46(53)51-44-38-61-45(37-52)50(64-65(56,57)58)49(44)63-48(55)27-22-17-12-14-19-24-40-30-34-42(60-3)35-31-40/h28-35,43-45,49-50,52H,4-27,36-38H2,1-3H3,(H,51,53)(H,56,57,58)/t43?,44-,45+,49+,50+/m0/s1. The lowest BCUT2D eigenvalue weighted by molar-refractivity contribution is -0.186. The van der Waals surface area contributed by atoms with E-state index in [0.29, 0.717) is 19.3 Å². The number of hydrogen-bond donors (Lipinski definition) is 3. The minimum absolute atomic E-state index is 0.0271. The van der Waals surface area contributed by atoms with Crippen LogP contribution in [0.1, 0.15) is 166 Å². The van der Waals surface area contributed by atoms with E-state index in [9.17, 15) is 32.5 Å². The van der Waals surface area contributed by atoms with Crippen molar-refractivity contribution in [2.24, 2.45) is 0 Å². The van der Waals surface area contributed by atoms with Gasteiger partial charge in [-0.25, -0.2) is 4.18 Å². The zero-order valence-corrected chi connectivity index (χ0v) is 40.2. The number of aliphatic hydroxyl groups is 1. The Morgan fingerprint density at radius 1 is 0.677 bits per heavy atom. The molecule has 0 radical (unpaired) electrons. The molecule has 0 aliphatic carbocycles. The summed E-state index contributed by atoms with van der Waals surface area (Å²) in [4.78, 5) is 40.0. The third-order valence-electron chi connectivity index (χ3n) is 12.0. The summed E-state index contributed by atoms with van der Waals surface area (Å²) in [5.41, 5.74) is 2.49. The number of amides is 1. The maximum Gasteiger partial charge on any atom is 0.397 e. The molecule has 3 rings (SSSR count). The summed E-state index contributed by atoms with van der Waals surface area (Å²) in [7, 11) is -1.80. The summed E-state index contributed by atoms with van der Waals surface area (Å²) in [5.74, 6) is 0.118. The molecule has 1 unspecified atom stereocenters. The minimum atomic E-state index is -5.09. The van der Waals surface area contributed by atoms with Gasteiger partial charge in [0.15, 0.2) is 6.10 Å². The molecule has 1 fully saturated rings. The Hall–Kier alpha value is -3.76. The quantitative estimate of drug-likeness (QED) is 0.0333. The van der Waals surface area contributed by atoms with E-state index in [0.717, 1.165) is 101 Å². The molecule has 0 spiro atoms. The number of unbranched alkanes of at least 4 members (excludes halogenated alkanes) is 16. The fraction of sp³-hybridized carbons (Fsp3) is 0.700. The number of benzene rings is 2. The van der Waals surface area contributed by atoms with Crippen LogP contribution in [0.25, 0.3) is 0 Å². The van der Waals surface area contributed by atoms with Crippen molar-refractivity contribution >= 4 is 28.2 Å². The second kappa shape index (κ2) is 32.8. The third kappa shape index (κ3) is 24.5. The summed E-state index contributed by atoms with van der Waals surface area (Å²) < 4.78 is 66.2. The Morgan fingerprint density at radius 3 is 1.65 bits per heavy atom. The van der Waals surface area contributed by atoms with Gasteiger partial charge in [0.05, 0.1) is 39.9 Å². The van der Waals surface area contributed by atoms with E-state index in [2.05, 4.69) is 24.4 Å². The lowest BCUT2D eigenvalue weighted by Crippen LogP contribution is -2.62. The predicted octanol–water partition coefficient (Wildman–Crippen LogP) is 9.37. The number of aryl methyl sites for hydroxylation is 2. The normalized spacial score (nSPS) is 17.9. The second-order valence-corrected chi connectivity index (χ2v) is 18.4. The third-order valence-corrected chi connectivity index (χ3v) is 12.4. The van der Waals surface area contributed by atoms with Gasteiger partial charge in [0, 0.05) is 12.8 Å². The summed E-state index contributed by atoms with van der Waals surface area (Å²) in [5, 5.41) is 12.8. The first kappa shape index (κ1) is 55.6. The topological polar surface area (TPSA) is 193 Å². The van der Waals surface area contributed by atoms with Crippen LogP contribution in [0.4, 0.5) is 0 Å². The van der Waals surface area contributed by atoms with Gasteiger partial charge in [0.1, 0.15) is 29.8 Å². The molecule has 1 heterocycles. The van der Waals surface area contributed by atoms with Crippen LogP contribution in [0.15, 0.2) is 48.5 Å². The first-order chi connectivity index (χ1) is 31.4. The van der Waals surface area contributed by atoms with Crippen molar-refractivity contribution < 1.29 is 60.3 Å². The van der Waals surface area contributed by atoms with E-state index in [1.165, 1.54) is 43.2 Å². The largest absolute Gasteiger partial charge is 0.497 e. The highest BCUT2D eigenvalue weighted by Crippen LogP contribution is 2.25. The molecule has 2 aromatic carbocycles. The molecule has 65 heavy (non-hydrogen) atoms. The van der Waals surface area contributed by atoms with Crippen molar-refractivity contribution in [2.75, 3.05) is 27.4 Å². The van der Waals surface area contributed by atoms with Gasteiger partial charge in [0.2, 0.25) is 5.91 Å². The molecular formula is C50H79NO13S. The lowest BCUT2D eigenvalue weighted by Gasteiger charge is -2.40. The SMILES string of the molecule is CCCCCCCCCCCC(CC(=O)N[C@H]1CO[C@H](CO)[C@@H](OS(=O)(=O)O)[C@@H]1OC(=O)CCCCCCCc1ccc(OC)cc1)OC(=O)CCCCCCCc1ccc(OC)cc1. The van der Waals surface area contributed by atoms with Gasteiger partial charge in [0.25, 0.3) is 0 Å². The van der Waals surface area contributed by atoms with Gasteiger partial charge < -0.3 is 34.1 Å². The van der Waals surface area contributed by atoms with Crippen LogP contribution in [0.2, 0.25) is 0 Å². The monoisotopic (exact) mass is 934 g/mol. The average Bonchev–Trinajstić information content (AvgIpc) is 3.28. The summed E-state index contributed by atoms with van der Waals surface area (Å²) >= 11 is 0. The molecule has 1 aliphatic rings. The first-order valence-corrected chi connectivity index (χ1v) is 25.6. The van der Waals surface area contributed by atoms with Crippen LogP contribution >= 0.6 is 0 Å². The van der Waals surface area contributed by atoms with Crippen LogP contribution in [-0.4, -0.2) is 93.8 Å². The number of nitrogens with one attached hydrogen (secondary N) is 1. The predicted molar refractivity (Wildman–Crippen MR) is 250 cm³/mol. The fourth-order valence-electron chi connectivity index (χ4n) is 8.20. The first-order valence-electron chi connectivity index (χ1n) is 24.3. The molecule has 1 amide bonds. The van der Waals surface area contributed by atoms with Crippen LogP contribution in [0.3, 0.4) is 0 Å². The zero-order valence-electron chi connectivity index (χ0n) is 39.4. The number of methoxy groups -OCH3 is 2. The zero-order chi connectivity index (χ0) is 47.1. The Labute approximate surface area is 389 Å². The van der Waals surface area contributed by atoms with E-state index in [-0.39, 0.29) is 31.8 Å². The van der Waals surface area contributed by atoms with Gasteiger partial charge in [-0.3, -0.25) is 18.9 Å². The number of hydrogen-bond acceptors (Lipinski definition) is 12. The molecule has 3 N–H and O–H groups in total. The van der Waals surface area contributed by atoms with Crippen LogP contribution in [0.5, 0.6) is 11.5 Å². The molecule has 2 aromatic rings. The van der Waals surface area contributed by atoms with Gasteiger partial charge >= 0.3 is 22.3 Å². The summed E-state index contributed by atoms with van der Waals surface area (Å²) in [6, 6.07) is 15.0. The lowest BCUT2D eigenvalue weighted by atomic mass is 9.97. The molecule has 0 aromatic heterocycles. The number of esters is 2. The van der Waals surface area contributed by atoms with Crippen LogP contribution < -0.4 is 14.8 Å². The van der Waals surface area contributed by atoms with E-state index >= 15 is 0 Å². The van der Waals surface area contributed by atoms with Crippen molar-refractivity contribution in [3.8, 4) is 11.5 Å². The van der Waals surface area contributed by atoms with Gasteiger partial charge in [-0.15, -0.1) is 0 Å². The maximum atomic E-state index is 13.7. The average molecular weight is 934 g/mol. The van der Waals surface area contributed by atoms with Crippen molar-refractivity contribution in [3.63, 3.8) is 0 Å². The highest BCUT2D eigenvalue weighted by atomic mass is 32.3. The smallest absolute Gasteiger partial charge is 0.397 e. The maximum absolute atomic E-state index is 13.7. The van der Waals surface area contributed by atoms with Crippen molar-refractivity contribution in [3.05, 3.63) is 59.7 Å². The van der Waals surface area contributed by atoms with E-state index in [4.69, 9.17) is 27.9 Å². The van der Waals surface area contributed by atoms with Gasteiger partial charge in [-0.2, -0.15) is 8.42 Å². The van der Waals surface area contributed by atoms with Crippen LogP contribution in [0, 0.1) is 0 Å². The summed E-state index contributed by atoms with van der Waals surface area (Å²) in [6.45, 7) is 1.26. The van der Waals surface area contributed by atoms with E-state index < -0.39 is 59.3 Å². The van der Waals surface area contributed by atoms with Crippen molar-refractivity contribution in [1.29, 1.82) is 0 Å². The molecule has 1 saturated heterocycles. The summed E-state index contributed by atoms with van der Waals surface area (Å²) in [6.07, 6.45) is 16.3. The van der Waals surface area contributed by atoms with Gasteiger partial charge in [-0.05, 0) is 86.8 Å². The highest BCUT2D eigenvalue weighted by molar-refractivity contribution is 7.80. The Kier molecular flexibility index (Phi) is 28.1. The highest BCUT2D eigenvalue weighted by Gasteiger charge is 2.46.